The van der Waals surface area contributed by atoms with Crippen LogP contribution < -0.4 is 37.7 Å². The Labute approximate surface area is 423 Å². The molecule has 4 atom stereocenters. The van der Waals surface area contributed by atoms with E-state index in [2.05, 4.69) is 26.1 Å². The largest absolute Gasteiger partial charge is 0.492 e. The van der Waals surface area contributed by atoms with Gasteiger partial charge in [0.25, 0.3) is 0 Å². The number of aryl methyl sites for hydroxylation is 2. The molecule has 3 amide bonds. The van der Waals surface area contributed by atoms with Crippen LogP contribution in [0.1, 0.15) is 110 Å². The summed E-state index contributed by atoms with van der Waals surface area (Å²) in [4.78, 5) is 95.4. The maximum absolute atomic E-state index is 15.0. The molecule has 2 heterocycles. The summed E-state index contributed by atoms with van der Waals surface area (Å²) in [5.74, 6) is -4.24. The smallest absolute Gasteiger partial charge is 0.226 e. The van der Waals surface area contributed by atoms with E-state index in [-0.39, 0.29) is 124 Å². The van der Waals surface area contributed by atoms with E-state index in [1.165, 1.54) is 11.9 Å². The predicted octanol–water partition coefficient (Wildman–Crippen LogP) is 4.79. The maximum Gasteiger partial charge on any atom is 0.226 e. The average molecular weight is 992 g/mol. The van der Waals surface area contributed by atoms with Gasteiger partial charge in [0.15, 0.2) is 23.2 Å². The number of nitrogens with two attached hydrogens (primary N) is 4. The van der Waals surface area contributed by atoms with Gasteiger partial charge in [-0.15, -0.1) is 0 Å². The van der Waals surface area contributed by atoms with Gasteiger partial charge in [-0.3, -0.25) is 28.8 Å². The minimum Gasteiger partial charge on any atom is -0.492 e. The standard InChI is InChI=1S/C53H67N9O8.H2S/c1-30-23-44(65)48(62(7)52(68)35(16-18-55)28-43(64)47-31(2)59-50(60-32(47)3)34-11-13-38(14-12-34)53(4,5)6)36-26-37(29-46(58)66)49(70-22-20-57)40(27-36)39-24-33(10-15-45(39)69-21-19-56)25-41(61-51(30)67)42(63)9-8-17-54;/h10-15,24,26-27,30,35,41,48H,8-9,16,18-23,25,28-29,55-57H2,1-7H3,(H2,58,66)(H,61,67);1H2/t30-,35-,41+,48+;/m1./s1. The Kier molecular flexibility index (Phi) is 20.5. The zero-order valence-corrected chi connectivity index (χ0v) is 42.9. The Morgan fingerprint density at radius 1 is 0.901 bits per heavy atom. The summed E-state index contributed by atoms with van der Waals surface area (Å²) in [5, 5.41) is 12.1. The van der Waals surface area contributed by atoms with Crippen molar-refractivity contribution < 1.29 is 38.2 Å². The van der Waals surface area contributed by atoms with Crippen molar-refractivity contribution in [1.29, 1.82) is 5.26 Å². The summed E-state index contributed by atoms with van der Waals surface area (Å²) in [6.07, 6.45) is -1.13. The molecule has 1 aliphatic rings. The molecular weight excluding hydrogens is 923 g/mol. The van der Waals surface area contributed by atoms with Crippen LogP contribution in [0.2, 0.25) is 0 Å². The van der Waals surface area contributed by atoms with Gasteiger partial charge in [-0.1, -0.05) is 58.0 Å². The Morgan fingerprint density at radius 3 is 2.14 bits per heavy atom. The van der Waals surface area contributed by atoms with Gasteiger partial charge in [0.05, 0.1) is 35.5 Å². The molecule has 4 bridgehead atoms. The van der Waals surface area contributed by atoms with Crippen LogP contribution in [-0.2, 0) is 42.2 Å². The second-order valence-electron chi connectivity index (χ2n) is 18.9. The Morgan fingerprint density at radius 2 is 1.55 bits per heavy atom. The van der Waals surface area contributed by atoms with Crippen molar-refractivity contribution in [2.24, 2.45) is 34.8 Å². The molecule has 0 spiro atoms. The molecule has 18 heteroatoms. The number of primary amides is 1. The molecule has 4 aromatic rings. The van der Waals surface area contributed by atoms with Crippen molar-refractivity contribution in [3.05, 3.63) is 93.8 Å². The van der Waals surface area contributed by atoms with Gasteiger partial charge in [0, 0.05) is 79.9 Å². The molecule has 0 unspecified atom stereocenters. The number of amides is 3. The monoisotopic (exact) mass is 991 g/mol. The molecule has 3 aromatic carbocycles. The fourth-order valence-corrected chi connectivity index (χ4v) is 8.83. The molecule has 9 N–H and O–H groups in total. The number of nitriles is 1. The molecule has 1 aromatic heterocycles. The van der Waals surface area contributed by atoms with Crippen molar-refractivity contribution in [1.82, 2.24) is 20.2 Å². The minimum atomic E-state index is -1.41. The van der Waals surface area contributed by atoms with Crippen molar-refractivity contribution in [3.63, 3.8) is 0 Å². The first-order valence-electron chi connectivity index (χ1n) is 23.7. The fourth-order valence-electron chi connectivity index (χ4n) is 8.83. The molecule has 0 radical (unpaired) electrons. The third-order valence-corrected chi connectivity index (χ3v) is 12.4. The van der Waals surface area contributed by atoms with Crippen molar-refractivity contribution >= 4 is 48.6 Å². The van der Waals surface area contributed by atoms with Crippen LogP contribution in [0.3, 0.4) is 0 Å². The highest BCUT2D eigenvalue weighted by atomic mass is 32.1. The van der Waals surface area contributed by atoms with E-state index in [1.807, 2.05) is 30.3 Å². The van der Waals surface area contributed by atoms with Gasteiger partial charge < -0.3 is 42.6 Å². The second-order valence-corrected chi connectivity index (χ2v) is 18.9. The number of hydrogen-bond donors (Lipinski definition) is 5. The Balaban J connectivity index is 0.0000110. The van der Waals surface area contributed by atoms with Gasteiger partial charge in [-0.25, -0.2) is 9.97 Å². The topological polar surface area (TPSA) is 290 Å². The van der Waals surface area contributed by atoms with Crippen LogP contribution in [-0.4, -0.2) is 95.9 Å². The highest BCUT2D eigenvalue weighted by Gasteiger charge is 2.37. The molecule has 0 saturated carbocycles. The van der Waals surface area contributed by atoms with E-state index in [0.717, 1.165) is 11.1 Å². The number of rotatable bonds is 19. The number of fused-ring (bicyclic) bond motifs is 5. The lowest BCUT2D eigenvalue weighted by Crippen LogP contribution is -2.46. The van der Waals surface area contributed by atoms with Gasteiger partial charge in [-0.05, 0) is 79.6 Å². The summed E-state index contributed by atoms with van der Waals surface area (Å²) in [5.41, 5.74) is 28.7. The molecule has 0 fully saturated rings. The SMILES string of the molecule is Cc1nc(-c2ccc(C(C)(C)C)cc2)nc(C)c1C(=O)C[C@@H](CCN)C(=O)N(C)[C@@H]1C(=O)C[C@@H](C)C(=O)N[C@H](C(=O)CCC#N)Cc2ccc(OCCN)c(c2)-c2cc1cc(CC(N)=O)c2OCCN.S. The number of ketones is 3. The first-order chi connectivity index (χ1) is 33.2. The molecule has 5 rings (SSSR count). The van der Waals surface area contributed by atoms with Crippen molar-refractivity contribution in [3.8, 4) is 40.1 Å². The molecule has 1 aliphatic heterocycles. The normalized spacial score (nSPS) is 16.3. The number of ether oxygens (including phenoxy) is 2. The van der Waals surface area contributed by atoms with Crippen molar-refractivity contribution in [2.45, 2.75) is 104 Å². The molecule has 0 aliphatic carbocycles. The lowest BCUT2D eigenvalue weighted by molar-refractivity contribution is -0.142. The number of hydrogen-bond acceptors (Lipinski definition) is 14. The van der Waals surface area contributed by atoms with E-state index in [9.17, 15) is 29.2 Å². The number of aromatic nitrogens is 2. The number of nitrogens with one attached hydrogen (secondary N) is 1. The zero-order chi connectivity index (χ0) is 51.4. The highest BCUT2D eigenvalue weighted by molar-refractivity contribution is 7.59. The average Bonchev–Trinajstić information content (AvgIpc) is 3.30. The minimum absolute atomic E-state index is 0. The van der Waals surface area contributed by atoms with Gasteiger partial charge >= 0.3 is 0 Å². The van der Waals surface area contributed by atoms with Gasteiger partial charge in [-0.2, -0.15) is 18.8 Å². The maximum atomic E-state index is 15.0. The summed E-state index contributed by atoms with van der Waals surface area (Å²) in [6, 6.07) is 15.9. The first-order valence-corrected chi connectivity index (χ1v) is 23.7. The summed E-state index contributed by atoms with van der Waals surface area (Å²) in [6.45, 7) is 11.8. The lowest BCUT2D eigenvalue weighted by Gasteiger charge is -2.33. The third-order valence-electron chi connectivity index (χ3n) is 12.4. The molecule has 0 saturated heterocycles. The highest BCUT2D eigenvalue weighted by Crippen LogP contribution is 2.43. The van der Waals surface area contributed by atoms with E-state index in [4.69, 9.17) is 42.4 Å². The molecule has 380 valence electrons. The van der Waals surface area contributed by atoms with E-state index in [1.54, 1.807) is 51.1 Å². The van der Waals surface area contributed by atoms with Crippen LogP contribution in [0, 0.1) is 37.0 Å². The van der Waals surface area contributed by atoms with Crippen molar-refractivity contribution in [2.75, 3.05) is 39.9 Å². The van der Waals surface area contributed by atoms with Crippen LogP contribution in [0.25, 0.3) is 22.5 Å². The summed E-state index contributed by atoms with van der Waals surface area (Å²) < 4.78 is 12.4. The van der Waals surface area contributed by atoms with Gasteiger partial charge in [0.1, 0.15) is 30.8 Å². The number of Topliss-reactive ketones (excluding diaryl/α,β-unsaturated/α-hetero) is 3. The van der Waals surface area contributed by atoms with E-state index in [0.29, 0.717) is 39.7 Å². The third kappa shape index (κ3) is 14.3. The number of likely N-dealkylation sites (N-methyl/N-ethyl adjacent to an activating group) is 1. The number of benzene rings is 3. The summed E-state index contributed by atoms with van der Waals surface area (Å²) in [7, 11) is 1.44. The van der Waals surface area contributed by atoms with Crippen LogP contribution >= 0.6 is 13.5 Å². The Bertz CT molecular complexity index is 2620. The number of carbonyl (C=O) groups excluding carboxylic acids is 6. The lowest BCUT2D eigenvalue weighted by atomic mass is 9.86. The zero-order valence-electron chi connectivity index (χ0n) is 41.9. The first kappa shape index (κ1) is 57.1. The summed E-state index contributed by atoms with van der Waals surface area (Å²) >= 11 is 0. The molecular formula is C53H69N9O8S. The van der Waals surface area contributed by atoms with Crippen LogP contribution in [0.5, 0.6) is 11.5 Å². The van der Waals surface area contributed by atoms with E-state index < -0.39 is 53.8 Å². The quantitative estimate of drug-likeness (QED) is 0.0790. The predicted molar refractivity (Wildman–Crippen MR) is 276 cm³/mol. The molecule has 17 nitrogen and oxygen atoms in total. The van der Waals surface area contributed by atoms with Crippen LogP contribution in [0.15, 0.2) is 54.6 Å². The number of nitrogens with zero attached hydrogens (tertiary/aromatic N) is 4. The molecule has 71 heavy (non-hydrogen) atoms. The number of carbonyl (C=O) groups is 6. The van der Waals surface area contributed by atoms with Crippen LogP contribution in [0.4, 0.5) is 0 Å². The van der Waals surface area contributed by atoms with Gasteiger partial charge in [0.2, 0.25) is 17.7 Å². The Hall–Kier alpha value is -6.52. The second kappa shape index (κ2) is 25.6. The van der Waals surface area contributed by atoms with E-state index >= 15 is 4.79 Å². The fraction of sp³-hybridized carbons (Fsp3) is 0.453.